The van der Waals surface area contributed by atoms with Crippen molar-refractivity contribution in [3.63, 3.8) is 0 Å². The number of nitrogens with zero attached hydrogens (tertiary/aromatic N) is 1. The van der Waals surface area contributed by atoms with Gasteiger partial charge in [0, 0.05) is 6.92 Å². The summed E-state index contributed by atoms with van der Waals surface area (Å²) in [5, 5.41) is 12.4. The molecular formula is C13H22N2O2. The van der Waals surface area contributed by atoms with Gasteiger partial charge in [-0.25, -0.2) is 0 Å². The van der Waals surface area contributed by atoms with Crippen LogP contribution < -0.4 is 5.32 Å². The molecule has 0 aromatic carbocycles. The summed E-state index contributed by atoms with van der Waals surface area (Å²) in [4.78, 5) is 15.0. The third-order valence-electron chi connectivity index (χ3n) is 1.95. The lowest BCUT2D eigenvalue weighted by atomic mass is 10.0. The summed E-state index contributed by atoms with van der Waals surface area (Å²) in [6, 6.07) is 5.39. The zero-order valence-electron chi connectivity index (χ0n) is 11.2. The summed E-state index contributed by atoms with van der Waals surface area (Å²) in [5.74, 6) is -0.0922. The van der Waals surface area contributed by atoms with Crippen LogP contribution in [0.1, 0.15) is 46.0 Å². The Hall–Kier alpha value is -1.42. The van der Waals surface area contributed by atoms with Crippen molar-refractivity contribution in [2.45, 2.75) is 46.8 Å². The van der Waals surface area contributed by atoms with Crippen molar-refractivity contribution in [3.05, 3.63) is 29.6 Å². The Balaban J connectivity index is 0.00000121. The van der Waals surface area contributed by atoms with E-state index in [1.165, 1.54) is 6.92 Å². The molecule has 1 aromatic heterocycles. The number of carbonyl (C=O) groups excluding carboxylic acids is 1. The molecule has 0 atom stereocenters. The average molecular weight is 238 g/mol. The van der Waals surface area contributed by atoms with Crippen LogP contribution in [-0.4, -0.2) is 16.0 Å². The number of aliphatic hydroxyl groups is 1. The van der Waals surface area contributed by atoms with E-state index in [-0.39, 0.29) is 5.91 Å². The van der Waals surface area contributed by atoms with E-state index in [2.05, 4.69) is 10.3 Å². The molecule has 4 heteroatoms. The lowest BCUT2D eigenvalue weighted by molar-refractivity contribution is -0.119. The van der Waals surface area contributed by atoms with E-state index >= 15 is 0 Å². The van der Waals surface area contributed by atoms with E-state index in [4.69, 9.17) is 0 Å². The molecule has 2 N–H and O–H groups in total. The van der Waals surface area contributed by atoms with Crippen molar-refractivity contribution in [1.29, 1.82) is 0 Å². The van der Waals surface area contributed by atoms with Crippen LogP contribution in [-0.2, 0) is 16.9 Å². The molecular weight excluding hydrogens is 216 g/mol. The third-order valence-corrected chi connectivity index (χ3v) is 1.95. The molecule has 96 valence electrons. The highest BCUT2D eigenvalue weighted by Crippen LogP contribution is 2.16. The Kier molecular flexibility index (Phi) is 6.43. The summed E-state index contributed by atoms with van der Waals surface area (Å²) in [6.45, 7) is 9.20. The van der Waals surface area contributed by atoms with Crippen LogP contribution in [0.15, 0.2) is 18.2 Å². The van der Waals surface area contributed by atoms with Crippen LogP contribution in [0.25, 0.3) is 0 Å². The van der Waals surface area contributed by atoms with Crippen LogP contribution in [0.2, 0.25) is 0 Å². The van der Waals surface area contributed by atoms with Gasteiger partial charge in [0.25, 0.3) is 0 Å². The minimum absolute atomic E-state index is 0.0922. The van der Waals surface area contributed by atoms with Crippen molar-refractivity contribution < 1.29 is 9.90 Å². The fourth-order valence-corrected chi connectivity index (χ4v) is 1.13. The second kappa shape index (κ2) is 7.01. The number of rotatable bonds is 3. The topological polar surface area (TPSA) is 62.2 Å². The number of hydrogen-bond acceptors (Lipinski definition) is 3. The summed E-state index contributed by atoms with van der Waals surface area (Å²) in [7, 11) is 0. The van der Waals surface area contributed by atoms with Crippen LogP contribution in [0.3, 0.4) is 0 Å². The van der Waals surface area contributed by atoms with Crippen LogP contribution >= 0.6 is 0 Å². The number of amides is 1. The maximum Gasteiger partial charge on any atom is 0.217 e. The third kappa shape index (κ3) is 6.02. The SMILES string of the molecule is CC.CC(=O)NCc1cccc(C(C)(C)O)n1. The first-order chi connectivity index (χ1) is 7.89. The van der Waals surface area contributed by atoms with Gasteiger partial charge < -0.3 is 10.4 Å². The number of nitrogens with one attached hydrogen (secondary N) is 1. The number of aromatic nitrogens is 1. The van der Waals surface area contributed by atoms with Crippen molar-refractivity contribution in [1.82, 2.24) is 10.3 Å². The standard InChI is InChI=1S/C11H16N2O2.C2H6/c1-8(14)12-7-9-5-4-6-10(13-9)11(2,3)15;1-2/h4-6,15H,7H2,1-3H3,(H,12,14);1-2H3. The van der Waals surface area contributed by atoms with Gasteiger partial charge in [-0.3, -0.25) is 9.78 Å². The fourth-order valence-electron chi connectivity index (χ4n) is 1.13. The minimum Gasteiger partial charge on any atom is -0.384 e. The zero-order chi connectivity index (χ0) is 13.5. The van der Waals surface area contributed by atoms with Crippen molar-refractivity contribution >= 4 is 5.91 Å². The van der Waals surface area contributed by atoms with Gasteiger partial charge in [-0.05, 0) is 26.0 Å². The molecule has 0 unspecified atom stereocenters. The molecule has 0 radical (unpaired) electrons. The summed E-state index contributed by atoms with van der Waals surface area (Å²) < 4.78 is 0. The van der Waals surface area contributed by atoms with E-state index in [9.17, 15) is 9.90 Å². The second-order valence-corrected chi connectivity index (χ2v) is 3.98. The van der Waals surface area contributed by atoms with Gasteiger partial charge in [0.2, 0.25) is 5.91 Å². The molecule has 0 bridgehead atoms. The van der Waals surface area contributed by atoms with Gasteiger partial charge >= 0.3 is 0 Å². The maximum absolute atomic E-state index is 10.7. The summed E-state index contributed by atoms with van der Waals surface area (Å²) in [6.07, 6.45) is 0. The van der Waals surface area contributed by atoms with Gasteiger partial charge in [0.15, 0.2) is 0 Å². The molecule has 0 fully saturated rings. The Bertz CT molecular complexity index is 357. The van der Waals surface area contributed by atoms with Crippen molar-refractivity contribution in [2.24, 2.45) is 0 Å². The lowest BCUT2D eigenvalue weighted by Gasteiger charge is -2.17. The zero-order valence-corrected chi connectivity index (χ0v) is 11.2. The van der Waals surface area contributed by atoms with E-state index in [1.54, 1.807) is 19.9 Å². The Morgan fingerprint density at radius 3 is 2.47 bits per heavy atom. The quantitative estimate of drug-likeness (QED) is 0.846. The largest absolute Gasteiger partial charge is 0.384 e. The van der Waals surface area contributed by atoms with Gasteiger partial charge in [0.05, 0.1) is 17.9 Å². The van der Waals surface area contributed by atoms with Crippen molar-refractivity contribution in [2.75, 3.05) is 0 Å². The molecule has 0 aliphatic rings. The molecule has 17 heavy (non-hydrogen) atoms. The van der Waals surface area contributed by atoms with E-state index in [0.29, 0.717) is 12.2 Å². The van der Waals surface area contributed by atoms with E-state index < -0.39 is 5.60 Å². The average Bonchev–Trinajstić information content (AvgIpc) is 2.28. The van der Waals surface area contributed by atoms with Gasteiger partial charge in [0.1, 0.15) is 5.60 Å². The number of hydrogen-bond donors (Lipinski definition) is 2. The van der Waals surface area contributed by atoms with Gasteiger partial charge in [-0.1, -0.05) is 19.9 Å². The first-order valence-electron chi connectivity index (χ1n) is 5.83. The molecule has 1 amide bonds. The molecule has 0 saturated heterocycles. The lowest BCUT2D eigenvalue weighted by Crippen LogP contribution is -2.22. The molecule has 1 aromatic rings. The number of carbonyl (C=O) groups is 1. The highest BCUT2D eigenvalue weighted by molar-refractivity contribution is 5.72. The second-order valence-electron chi connectivity index (χ2n) is 3.98. The molecule has 0 aliphatic carbocycles. The predicted molar refractivity (Wildman–Crippen MR) is 68.4 cm³/mol. The smallest absolute Gasteiger partial charge is 0.217 e. The minimum atomic E-state index is -0.952. The highest BCUT2D eigenvalue weighted by atomic mass is 16.3. The molecule has 0 aliphatic heterocycles. The maximum atomic E-state index is 10.7. The van der Waals surface area contributed by atoms with Crippen LogP contribution in [0.5, 0.6) is 0 Å². The molecule has 4 nitrogen and oxygen atoms in total. The molecule has 0 spiro atoms. The van der Waals surface area contributed by atoms with Crippen molar-refractivity contribution in [3.8, 4) is 0 Å². The highest BCUT2D eigenvalue weighted by Gasteiger charge is 2.17. The fraction of sp³-hybridized carbons (Fsp3) is 0.538. The predicted octanol–water partition coefficient (Wildman–Crippen LogP) is 1.97. The van der Waals surface area contributed by atoms with Gasteiger partial charge in [-0.15, -0.1) is 0 Å². The number of pyridine rings is 1. The first-order valence-corrected chi connectivity index (χ1v) is 5.83. The normalized spacial score (nSPS) is 10.2. The Morgan fingerprint density at radius 2 is 2.00 bits per heavy atom. The molecule has 1 rings (SSSR count). The van der Waals surface area contributed by atoms with Crippen LogP contribution in [0.4, 0.5) is 0 Å². The van der Waals surface area contributed by atoms with E-state index in [1.807, 2.05) is 26.0 Å². The Morgan fingerprint density at radius 1 is 1.41 bits per heavy atom. The first kappa shape index (κ1) is 15.6. The summed E-state index contributed by atoms with van der Waals surface area (Å²) in [5.41, 5.74) is 0.391. The van der Waals surface area contributed by atoms with Gasteiger partial charge in [-0.2, -0.15) is 0 Å². The molecule has 1 heterocycles. The summed E-state index contributed by atoms with van der Waals surface area (Å²) >= 11 is 0. The van der Waals surface area contributed by atoms with Crippen LogP contribution in [0, 0.1) is 0 Å². The Labute approximate surface area is 103 Å². The van der Waals surface area contributed by atoms with E-state index in [0.717, 1.165) is 5.69 Å². The monoisotopic (exact) mass is 238 g/mol. The molecule has 0 saturated carbocycles.